The highest BCUT2D eigenvalue weighted by Gasteiger charge is 2.06. The van der Waals surface area contributed by atoms with Crippen LogP contribution >= 0.6 is 22.9 Å². The summed E-state index contributed by atoms with van der Waals surface area (Å²) in [4.78, 5) is 15.3. The van der Waals surface area contributed by atoms with Gasteiger partial charge in [-0.15, -0.1) is 11.3 Å². The second-order valence-corrected chi connectivity index (χ2v) is 5.58. The number of aromatic nitrogens is 1. The standard InChI is InChI=1S/C13H13ClN2O3S/c1-8-12(14)20-11(15-8)7-19-10-5-3-9(4-6-10)16-13(17)18-2/h3-6H,7H2,1-2H3,(H,16,17). The molecule has 0 saturated heterocycles. The summed E-state index contributed by atoms with van der Waals surface area (Å²) in [5, 5.41) is 3.38. The number of hydrogen-bond donors (Lipinski definition) is 1. The molecule has 0 aliphatic heterocycles. The molecule has 106 valence electrons. The summed E-state index contributed by atoms with van der Waals surface area (Å²) in [5.74, 6) is 0.685. The average Bonchev–Trinajstić information content (AvgIpc) is 2.77. The van der Waals surface area contributed by atoms with Crippen molar-refractivity contribution >= 4 is 34.7 Å². The molecule has 1 aromatic carbocycles. The summed E-state index contributed by atoms with van der Waals surface area (Å²) in [6.07, 6.45) is -0.508. The molecular weight excluding hydrogens is 300 g/mol. The first kappa shape index (κ1) is 14.6. The molecule has 2 rings (SSSR count). The van der Waals surface area contributed by atoms with Crippen LogP contribution in [-0.4, -0.2) is 18.2 Å². The number of methoxy groups -OCH3 is 1. The number of ether oxygens (including phenoxy) is 2. The first-order valence-corrected chi connectivity index (χ1v) is 6.97. The number of nitrogens with zero attached hydrogens (tertiary/aromatic N) is 1. The Morgan fingerprint density at radius 1 is 1.40 bits per heavy atom. The highest BCUT2D eigenvalue weighted by atomic mass is 35.5. The molecule has 0 radical (unpaired) electrons. The molecule has 0 aliphatic rings. The van der Waals surface area contributed by atoms with Crippen molar-refractivity contribution in [1.29, 1.82) is 0 Å². The lowest BCUT2D eigenvalue weighted by molar-refractivity contribution is 0.187. The Morgan fingerprint density at radius 3 is 2.65 bits per heavy atom. The van der Waals surface area contributed by atoms with Crippen LogP contribution in [0, 0.1) is 6.92 Å². The molecule has 2 aromatic rings. The van der Waals surface area contributed by atoms with Crippen molar-refractivity contribution in [3.8, 4) is 5.75 Å². The number of amides is 1. The van der Waals surface area contributed by atoms with E-state index in [4.69, 9.17) is 16.3 Å². The van der Waals surface area contributed by atoms with Crippen LogP contribution in [0.5, 0.6) is 5.75 Å². The van der Waals surface area contributed by atoms with Gasteiger partial charge in [-0.3, -0.25) is 5.32 Å². The Balaban J connectivity index is 1.92. The number of thiazole rings is 1. The van der Waals surface area contributed by atoms with Crippen molar-refractivity contribution in [1.82, 2.24) is 4.98 Å². The van der Waals surface area contributed by atoms with Gasteiger partial charge in [0.1, 0.15) is 21.7 Å². The van der Waals surface area contributed by atoms with Crippen LogP contribution in [0.2, 0.25) is 4.34 Å². The maximum absolute atomic E-state index is 11.0. The summed E-state index contributed by atoms with van der Waals surface area (Å²) >= 11 is 7.35. The van der Waals surface area contributed by atoms with E-state index < -0.39 is 6.09 Å². The predicted octanol–water partition coefficient (Wildman–Crippen LogP) is 3.86. The van der Waals surface area contributed by atoms with Gasteiger partial charge in [-0.2, -0.15) is 0 Å². The van der Waals surface area contributed by atoms with Crippen molar-refractivity contribution in [3.63, 3.8) is 0 Å². The van der Waals surface area contributed by atoms with E-state index in [1.165, 1.54) is 18.4 Å². The predicted molar refractivity (Wildman–Crippen MR) is 78.7 cm³/mol. The van der Waals surface area contributed by atoms with Crippen molar-refractivity contribution in [2.75, 3.05) is 12.4 Å². The van der Waals surface area contributed by atoms with Gasteiger partial charge in [0, 0.05) is 5.69 Å². The lowest BCUT2D eigenvalue weighted by Crippen LogP contribution is -2.10. The summed E-state index contributed by atoms with van der Waals surface area (Å²) in [6.45, 7) is 2.22. The maximum Gasteiger partial charge on any atom is 0.411 e. The molecule has 1 heterocycles. The zero-order chi connectivity index (χ0) is 14.5. The number of halogens is 1. The summed E-state index contributed by atoms with van der Waals surface area (Å²) in [5.41, 5.74) is 1.45. The van der Waals surface area contributed by atoms with Crippen molar-refractivity contribution in [2.24, 2.45) is 0 Å². The normalized spacial score (nSPS) is 10.2. The first-order chi connectivity index (χ1) is 9.58. The van der Waals surface area contributed by atoms with Gasteiger partial charge in [-0.1, -0.05) is 11.6 Å². The number of rotatable bonds is 4. The van der Waals surface area contributed by atoms with Crippen LogP contribution in [-0.2, 0) is 11.3 Å². The van der Waals surface area contributed by atoms with Gasteiger partial charge < -0.3 is 9.47 Å². The van der Waals surface area contributed by atoms with E-state index in [2.05, 4.69) is 15.0 Å². The highest BCUT2D eigenvalue weighted by molar-refractivity contribution is 7.16. The summed E-state index contributed by atoms with van der Waals surface area (Å²) < 4.78 is 10.8. The molecule has 1 N–H and O–H groups in total. The van der Waals surface area contributed by atoms with Crippen molar-refractivity contribution < 1.29 is 14.3 Å². The second-order valence-electron chi connectivity index (χ2n) is 3.90. The molecule has 0 aliphatic carbocycles. The Morgan fingerprint density at radius 2 is 2.10 bits per heavy atom. The number of anilines is 1. The molecule has 0 unspecified atom stereocenters. The van der Waals surface area contributed by atoms with E-state index in [0.717, 1.165) is 10.7 Å². The third-order valence-electron chi connectivity index (χ3n) is 2.43. The molecule has 0 spiro atoms. The van der Waals surface area contributed by atoms with Gasteiger partial charge >= 0.3 is 6.09 Å². The molecule has 0 atom stereocenters. The zero-order valence-electron chi connectivity index (χ0n) is 11.0. The van der Waals surface area contributed by atoms with Gasteiger partial charge in [0.05, 0.1) is 12.8 Å². The Bertz CT molecular complexity index is 579. The van der Waals surface area contributed by atoms with Crippen LogP contribution in [0.4, 0.5) is 10.5 Å². The zero-order valence-corrected chi connectivity index (χ0v) is 12.5. The number of benzene rings is 1. The Kier molecular flexibility index (Phi) is 4.81. The number of aryl methyl sites for hydroxylation is 1. The van der Waals surface area contributed by atoms with E-state index in [9.17, 15) is 4.79 Å². The Hall–Kier alpha value is -1.79. The molecule has 20 heavy (non-hydrogen) atoms. The van der Waals surface area contributed by atoms with Gasteiger partial charge in [-0.25, -0.2) is 9.78 Å². The van der Waals surface area contributed by atoms with E-state index in [1.807, 2.05) is 6.92 Å². The minimum atomic E-state index is -0.508. The second kappa shape index (κ2) is 6.58. The molecule has 0 bridgehead atoms. The van der Waals surface area contributed by atoms with Gasteiger partial charge in [0.2, 0.25) is 0 Å². The molecular formula is C13H13ClN2O3S. The molecule has 1 amide bonds. The van der Waals surface area contributed by atoms with Crippen LogP contribution in [0.15, 0.2) is 24.3 Å². The van der Waals surface area contributed by atoms with Gasteiger partial charge in [-0.05, 0) is 31.2 Å². The Labute approximate surface area is 125 Å². The fraction of sp³-hybridized carbons (Fsp3) is 0.231. The lowest BCUT2D eigenvalue weighted by Gasteiger charge is -2.06. The fourth-order valence-electron chi connectivity index (χ4n) is 1.44. The summed E-state index contributed by atoms with van der Waals surface area (Å²) in [6, 6.07) is 6.97. The highest BCUT2D eigenvalue weighted by Crippen LogP contribution is 2.24. The van der Waals surface area contributed by atoms with Gasteiger partial charge in [0.15, 0.2) is 0 Å². The maximum atomic E-state index is 11.0. The monoisotopic (exact) mass is 312 g/mol. The lowest BCUT2D eigenvalue weighted by atomic mass is 10.3. The number of carbonyl (C=O) groups is 1. The fourth-order valence-corrected chi connectivity index (χ4v) is 2.45. The van der Waals surface area contributed by atoms with Crippen molar-refractivity contribution in [2.45, 2.75) is 13.5 Å². The van der Waals surface area contributed by atoms with E-state index in [1.54, 1.807) is 24.3 Å². The molecule has 7 heteroatoms. The van der Waals surface area contributed by atoms with Crippen LogP contribution in [0.1, 0.15) is 10.7 Å². The molecule has 5 nitrogen and oxygen atoms in total. The first-order valence-electron chi connectivity index (χ1n) is 5.78. The minimum absolute atomic E-state index is 0.363. The van der Waals surface area contributed by atoms with Crippen LogP contribution in [0.3, 0.4) is 0 Å². The van der Waals surface area contributed by atoms with Crippen LogP contribution in [0.25, 0.3) is 0 Å². The van der Waals surface area contributed by atoms with E-state index >= 15 is 0 Å². The third kappa shape index (κ3) is 3.85. The van der Waals surface area contributed by atoms with E-state index in [-0.39, 0.29) is 0 Å². The summed E-state index contributed by atoms with van der Waals surface area (Å²) in [7, 11) is 1.31. The minimum Gasteiger partial charge on any atom is -0.486 e. The van der Waals surface area contributed by atoms with Crippen LogP contribution < -0.4 is 10.1 Å². The van der Waals surface area contributed by atoms with E-state index in [0.29, 0.717) is 22.4 Å². The smallest absolute Gasteiger partial charge is 0.411 e. The molecule has 0 fully saturated rings. The largest absolute Gasteiger partial charge is 0.486 e. The quantitative estimate of drug-likeness (QED) is 0.931. The molecule has 1 aromatic heterocycles. The topological polar surface area (TPSA) is 60.5 Å². The van der Waals surface area contributed by atoms with Gasteiger partial charge in [0.25, 0.3) is 0 Å². The number of nitrogens with one attached hydrogen (secondary N) is 1. The number of hydrogen-bond acceptors (Lipinski definition) is 5. The third-order valence-corrected chi connectivity index (χ3v) is 3.86. The van der Waals surface area contributed by atoms with Crippen molar-refractivity contribution in [3.05, 3.63) is 39.3 Å². The number of carbonyl (C=O) groups excluding carboxylic acids is 1. The molecule has 0 saturated carbocycles. The average molecular weight is 313 g/mol. The SMILES string of the molecule is COC(=O)Nc1ccc(OCc2nc(C)c(Cl)s2)cc1.